The quantitative estimate of drug-likeness (QED) is 0.167. The standard InChI is InChI=1S/C31H27F3N4O8S/c1-16(39)38-22(14-20(37-38)18-11-25(42-3)29(44-5)26(12-18)43-4)17-6-8-23(41-2)24(10-17)45-15-28(40)36-30-35-21-13-19(46-31(32,33)34)7-9-27(21)47-30/h6-14H,15H2,1-5H3,(H,35,36,40). The number of nitrogens with zero attached hydrogens (tertiary/aromatic N) is 3. The topological polar surface area (TPSA) is 132 Å². The van der Waals surface area contributed by atoms with Gasteiger partial charge in [0.25, 0.3) is 5.91 Å². The Morgan fingerprint density at radius 3 is 2.15 bits per heavy atom. The maximum atomic E-state index is 12.8. The van der Waals surface area contributed by atoms with Crippen LogP contribution in [-0.4, -0.2) is 68.0 Å². The van der Waals surface area contributed by atoms with Gasteiger partial charge in [0, 0.05) is 24.1 Å². The number of carbonyl (C=O) groups excluding carboxylic acids is 2. The normalized spacial score (nSPS) is 11.2. The van der Waals surface area contributed by atoms with Gasteiger partial charge in [0.15, 0.2) is 34.7 Å². The molecule has 2 heterocycles. The van der Waals surface area contributed by atoms with Gasteiger partial charge in [-0.05, 0) is 48.5 Å². The molecule has 5 rings (SSSR count). The molecule has 1 N–H and O–H groups in total. The minimum atomic E-state index is -4.84. The van der Waals surface area contributed by atoms with Crippen molar-refractivity contribution in [2.75, 3.05) is 40.4 Å². The minimum absolute atomic E-state index is 0.156. The molecule has 12 nitrogen and oxygen atoms in total. The summed E-state index contributed by atoms with van der Waals surface area (Å²) < 4.78 is 70.9. The molecule has 2 aromatic heterocycles. The predicted molar refractivity (Wildman–Crippen MR) is 166 cm³/mol. The van der Waals surface area contributed by atoms with Crippen molar-refractivity contribution >= 4 is 38.5 Å². The van der Waals surface area contributed by atoms with Gasteiger partial charge in [0.2, 0.25) is 11.7 Å². The fourth-order valence-electron chi connectivity index (χ4n) is 4.60. The Morgan fingerprint density at radius 2 is 1.53 bits per heavy atom. The van der Waals surface area contributed by atoms with Gasteiger partial charge in [-0.2, -0.15) is 9.78 Å². The lowest BCUT2D eigenvalue weighted by Gasteiger charge is -2.13. The van der Waals surface area contributed by atoms with Crippen LogP contribution >= 0.6 is 11.3 Å². The van der Waals surface area contributed by atoms with Crippen molar-refractivity contribution in [3.8, 4) is 57.0 Å². The highest BCUT2D eigenvalue weighted by atomic mass is 32.1. The van der Waals surface area contributed by atoms with Gasteiger partial charge >= 0.3 is 6.36 Å². The van der Waals surface area contributed by atoms with E-state index in [1.165, 1.54) is 46.1 Å². The third kappa shape index (κ3) is 7.33. The number of methoxy groups -OCH3 is 4. The summed E-state index contributed by atoms with van der Waals surface area (Å²) in [6, 6.07) is 13.7. The van der Waals surface area contributed by atoms with Crippen molar-refractivity contribution < 1.29 is 51.2 Å². The molecule has 47 heavy (non-hydrogen) atoms. The molecular weight excluding hydrogens is 645 g/mol. The molecule has 0 saturated heterocycles. The molecule has 16 heteroatoms. The zero-order valence-corrected chi connectivity index (χ0v) is 26.4. The third-order valence-corrected chi connectivity index (χ3v) is 7.58. The Balaban J connectivity index is 1.37. The molecular formula is C31H27F3N4O8S. The first-order valence-corrected chi connectivity index (χ1v) is 14.4. The van der Waals surface area contributed by atoms with Crippen molar-refractivity contribution in [3.63, 3.8) is 0 Å². The lowest BCUT2D eigenvalue weighted by Crippen LogP contribution is -2.20. The van der Waals surface area contributed by atoms with Crippen LogP contribution in [0.5, 0.6) is 34.5 Å². The Hall–Kier alpha value is -5.51. The highest BCUT2D eigenvalue weighted by molar-refractivity contribution is 7.22. The van der Waals surface area contributed by atoms with E-state index in [1.807, 2.05) is 0 Å². The molecule has 0 bridgehead atoms. The van der Waals surface area contributed by atoms with E-state index >= 15 is 0 Å². The van der Waals surface area contributed by atoms with Crippen LogP contribution < -0.4 is 33.7 Å². The molecule has 3 aromatic carbocycles. The van der Waals surface area contributed by atoms with E-state index < -0.39 is 24.6 Å². The van der Waals surface area contributed by atoms with E-state index in [9.17, 15) is 22.8 Å². The van der Waals surface area contributed by atoms with Crippen LogP contribution in [0.25, 0.3) is 32.7 Å². The van der Waals surface area contributed by atoms with Crippen LogP contribution in [0.4, 0.5) is 18.3 Å². The molecule has 1 amide bonds. The summed E-state index contributed by atoms with van der Waals surface area (Å²) in [5.41, 5.74) is 2.23. The molecule has 0 spiro atoms. The molecule has 0 atom stereocenters. The number of nitrogens with one attached hydrogen (secondary N) is 1. The highest BCUT2D eigenvalue weighted by Gasteiger charge is 2.31. The van der Waals surface area contributed by atoms with Gasteiger partial charge < -0.3 is 28.4 Å². The van der Waals surface area contributed by atoms with Crippen LogP contribution in [0.3, 0.4) is 0 Å². The number of rotatable bonds is 11. The van der Waals surface area contributed by atoms with E-state index in [0.717, 1.165) is 23.5 Å². The summed E-state index contributed by atoms with van der Waals surface area (Å²) in [4.78, 5) is 29.6. The largest absolute Gasteiger partial charge is 0.573 e. The minimum Gasteiger partial charge on any atom is -0.493 e. The molecule has 5 aromatic rings. The zero-order chi connectivity index (χ0) is 33.9. The van der Waals surface area contributed by atoms with Crippen LogP contribution in [0.15, 0.2) is 54.6 Å². The second kappa shape index (κ2) is 13.5. The molecule has 0 saturated carbocycles. The molecule has 0 aliphatic heterocycles. The first-order chi connectivity index (χ1) is 22.4. The summed E-state index contributed by atoms with van der Waals surface area (Å²) in [5.74, 6) is 0.368. The first-order valence-electron chi connectivity index (χ1n) is 13.6. The smallest absolute Gasteiger partial charge is 0.493 e. The maximum Gasteiger partial charge on any atom is 0.573 e. The Kier molecular flexibility index (Phi) is 9.41. The fourth-order valence-corrected chi connectivity index (χ4v) is 5.46. The van der Waals surface area contributed by atoms with E-state index in [2.05, 4.69) is 20.1 Å². The average molecular weight is 673 g/mol. The van der Waals surface area contributed by atoms with Crippen LogP contribution in [0.2, 0.25) is 0 Å². The number of hydrogen-bond acceptors (Lipinski definition) is 11. The molecule has 0 fully saturated rings. The number of thiazole rings is 1. The molecule has 0 unspecified atom stereocenters. The number of carbonyl (C=O) groups is 2. The molecule has 0 aliphatic carbocycles. The molecule has 0 radical (unpaired) electrons. The highest BCUT2D eigenvalue weighted by Crippen LogP contribution is 2.42. The van der Waals surface area contributed by atoms with Crippen LogP contribution in [0, 0.1) is 0 Å². The van der Waals surface area contributed by atoms with Crippen molar-refractivity contribution in [2.45, 2.75) is 13.3 Å². The molecule has 0 aliphatic rings. The zero-order valence-electron chi connectivity index (χ0n) is 25.6. The Morgan fingerprint density at radius 1 is 0.851 bits per heavy atom. The van der Waals surface area contributed by atoms with E-state index in [1.54, 1.807) is 36.4 Å². The van der Waals surface area contributed by atoms with Crippen molar-refractivity contribution in [1.29, 1.82) is 0 Å². The average Bonchev–Trinajstić information content (AvgIpc) is 3.66. The van der Waals surface area contributed by atoms with Crippen molar-refractivity contribution in [1.82, 2.24) is 14.8 Å². The summed E-state index contributed by atoms with van der Waals surface area (Å²) >= 11 is 1.07. The second-order valence-corrected chi connectivity index (χ2v) is 10.7. The Bertz CT molecular complexity index is 1930. The van der Waals surface area contributed by atoms with E-state index in [0.29, 0.717) is 50.2 Å². The molecule has 246 valence electrons. The number of hydrogen-bond donors (Lipinski definition) is 1. The van der Waals surface area contributed by atoms with Gasteiger partial charge in [-0.1, -0.05) is 11.3 Å². The second-order valence-electron chi connectivity index (χ2n) is 9.66. The van der Waals surface area contributed by atoms with Gasteiger partial charge in [-0.3, -0.25) is 14.9 Å². The fraction of sp³-hybridized carbons (Fsp3) is 0.226. The monoisotopic (exact) mass is 672 g/mol. The number of halogens is 3. The number of anilines is 1. The lowest BCUT2D eigenvalue weighted by atomic mass is 10.1. The van der Waals surface area contributed by atoms with Crippen molar-refractivity contribution in [2.24, 2.45) is 0 Å². The predicted octanol–water partition coefficient (Wildman–Crippen LogP) is 6.44. The van der Waals surface area contributed by atoms with Gasteiger partial charge in [0.05, 0.1) is 50.0 Å². The number of fused-ring (bicyclic) bond motifs is 1. The summed E-state index contributed by atoms with van der Waals surface area (Å²) in [6.07, 6.45) is -4.84. The number of aromatic nitrogens is 3. The number of alkyl halides is 3. The van der Waals surface area contributed by atoms with Gasteiger partial charge in [-0.15, -0.1) is 13.2 Å². The third-order valence-electron chi connectivity index (χ3n) is 6.63. The van der Waals surface area contributed by atoms with Crippen molar-refractivity contribution in [3.05, 3.63) is 54.6 Å². The van der Waals surface area contributed by atoms with E-state index in [-0.39, 0.29) is 22.3 Å². The maximum absolute atomic E-state index is 12.8. The first kappa shape index (κ1) is 32.9. The number of amides is 1. The van der Waals surface area contributed by atoms with Gasteiger partial charge in [0.1, 0.15) is 5.75 Å². The number of benzene rings is 3. The van der Waals surface area contributed by atoms with Crippen LogP contribution in [0.1, 0.15) is 11.7 Å². The summed E-state index contributed by atoms with van der Waals surface area (Å²) in [5, 5.41) is 7.24. The lowest BCUT2D eigenvalue weighted by molar-refractivity contribution is -0.274. The summed E-state index contributed by atoms with van der Waals surface area (Å²) in [7, 11) is 5.91. The van der Waals surface area contributed by atoms with Crippen LogP contribution in [-0.2, 0) is 4.79 Å². The summed E-state index contributed by atoms with van der Waals surface area (Å²) in [6.45, 7) is 0.910. The number of ether oxygens (including phenoxy) is 6. The Labute approximate surface area is 269 Å². The SMILES string of the molecule is COc1ccc(-c2cc(-c3cc(OC)c(OC)c(OC)c3)nn2C(C)=O)cc1OCC(=O)Nc1nc2cc(OC(F)(F)F)ccc2s1. The van der Waals surface area contributed by atoms with E-state index in [4.69, 9.17) is 23.7 Å². The van der Waals surface area contributed by atoms with Gasteiger partial charge in [-0.25, -0.2) is 4.98 Å².